The third-order valence-electron chi connectivity index (χ3n) is 3.92. The number of hydrogen-bond acceptors (Lipinski definition) is 4. The molecule has 130 valence electrons. The van der Waals surface area contributed by atoms with Crippen LogP contribution in [0.4, 0.5) is 4.39 Å². The first-order valence-corrected chi connectivity index (χ1v) is 9.12. The molecule has 0 fully saturated rings. The van der Waals surface area contributed by atoms with E-state index in [-0.39, 0.29) is 5.82 Å². The van der Waals surface area contributed by atoms with E-state index in [0.29, 0.717) is 22.3 Å². The molecule has 0 saturated heterocycles. The molecule has 0 bridgehead atoms. The maximum absolute atomic E-state index is 13.8. The predicted molar refractivity (Wildman–Crippen MR) is 99.1 cm³/mol. The van der Waals surface area contributed by atoms with E-state index in [9.17, 15) is 4.39 Å². The van der Waals surface area contributed by atoms with Gasteiger partial charge in [-0.2, -0.15) is 0 Å². The fraction of sp³-hybridized carbons (Fsp3) is 0.105. The van der Waals surface area contributed by atoms with Gasteiger partial charge in [0.1, 0.15) is 11.6 Å². The van der Waals surface area contributed by atoms with E-state index in [1.165, 1.54) is 23.4 Å². The summed E-state index contributed by atoms with van der Waals surface area (Å²) in [6.45, 7) is 0.769. The van der Waals surface area contributed by atoms with Crippen molar-refractivity contribution in [1.29, 1.82) is 0 Å². The molecule has 0 atom stereocenters. The van der Waals surface area contributed by atoms with Gasteiger partial charge in [0.25, 0.3) is 0 Å². The van der Waals surface area contributed by atoms with Crippen molar-refractivity contribution in [3.8, 4) is 11.4 Å². The third kappa shape index (κ3) is 3.67. The van der Waals surface area contributed by atoms with Crippen molar-refractivity contribution in [2.24, 2.45) is 0 Å². The summed E-state index contributed by atoms with van der Waals surface area (Å²) in [7, 11) is 0. The Morgan fingerprint density at radius 3 is 2.69 bits per heavy atom. The Balaban J connectivity index is 1.44. The highest BCUT2D eigenvalue weighted by molar-refractivity contribution is 7.98. The highest BCUT2D eigenvalue weighted by Gasteiger charge is 2.11. The Bertz CT molecular complexity index is 996. The lowest BCUT2D eigenvalue weighted by Gasteiger charge is -2.07. The maximum Gasteiger partial charge on any atom is 0.209 e. The van der Waals surface area contributed by atoms with Crippen LogP contribution in [0.15, 0.2) is 72.1 Å². The minimum Gasteiger partial charge on any atom is -0.330 e. The van der Waals surface area contributed by atoms with E-state index in [2.05, 4.69) is 36.9 Å². The summed E-state index contributed by atoms with van der Waals surface area (Å²) < 4.78 is 15.9. The number of hydrogen-bond donors (Lipinski definition) is 1. The summed E-state index contributed by atoms with van der Waals surface area (Å²) >= 11 is 1.46. The number of imidazole rings is 1. The molecule has 2 heterocycles. The zero-order valence-electron chi connectivity index (χ0n) is 13.8. The Morgan fingerprint density at radius 2 is 1.85 bits per heavy atom. The Labute approximate surface area is 154 Å². The molecule has 0 saturated carbocycles. The monoisotopic (exact) mass is 365 g/mol. The van der Waals surface area contributed by atoms with Crippen molar-refractivity contribution in [3.05, 3.63) is 84.2 Å². The Hall–Kier alpha value is -2.93. The zero-order chi connectivity index (χ0) is 17.8. The first-order valence-electron chi connectivity index (χ1n) is 8.13. The normalized spacial score (nSPS) is 11.0. The van der Waals surface area contributed by atoms with Gasteiger partial charge >= 0.3 is 0 Å². The van der Waals surface area contributed by atoms with Crippen LogP contribution in [0.5, 0.6) is 0 Å². The maximum atomic E-state index is 13.8. The van der Waals surface area contributed by atoms with E-state index >= 15 is 0 Å². The quantitative estimate of drug-likeness (QED) is 0.522. The van der Waals surface area contributed by atoms with Crippen LogP contribution in [0.1, 0.15) is 11.4 Å². The van der Waals surface area contributed by atoms with Crippen molar-refractivity contribution >= 4 is 11.8 Å². The molecule has 0 amide bonds. The van der Waals surface area contributed by atoms with E-state index in [1.54, 1.807) is 24.4 Å². The van der Waals surface area contributed by atoms with Crippen LogP contribution in [0.2, 0.25) is 0 Å². The SMILES string of the molecule is Fc1ccccc1-c1nc(SCc2nccn2Cc2ccccc2)n[nH]1. The largest absolute Gasteiger partial charge is 0.330 e. The molecule has 0 radical (unpaired) electrons. The first kappa shape index (κ1) is 16.5. The molecule has 4 aromatic rings. The van der Waals surface area contributed by atoms with Crippen LogP contribution in [-0.4, -0.2) is 24.7 Å². The van der Waals surface area contributed by atoms with Crippen molar-refractivity contribution in [2.75, 3.05) is 0 Å². The highest BCUT2D eigenvalue weighted by Crippen LogP contribution is 2.23. The van der Waals surface area contributed by atoms with Crippen molar-refractivity contribution in [2.45, 2.75) is 17.5 Å². The minimum absolute atomic E-state index is 0.321. The molecule has 0 aliphatic heterocycles. The lowest BCUT2D eigenvalue weighted by molar-refractivity contribution is 0.630. The van der Waals surface area contributed by atoms with Crippen molar-refractivity contribution < 1.29 is 4.39 Å². The van der Waals surface area contributed by atoms with Crippen LogP contribution in [0, 0.1) is 5.82 Å². The predicted octanol–water partition coefficient (Wildman–Crippen LogP) is 4.15. The van der Waals surface area contributed by atoms with Gasteiger partial charge in [-0.25, -0.2) is 14.4 Å². The molecular weight excluding hydrogens is 349 g/mol. The number of nitrogens with one attached hydrogen (secondary N) is 1. The second kappa shape index (κ2) is 7.53. The standard InChI is InChI=1S/C19H16FN5S/c20-16-9-5-4-8-15(16)18-22-19(24-23-18)26-13-17-21-10-11-25(17)12-14-6-2-1-3-7-14/h1-11H,12-13H2,(H,22,23,24). The Morgan fingerprint density at radius 1 is 1.04 bits per heavy atom. The first-order chi connectivity index (χ1) is 12.8. The molecule has 0 aliphatic rings. The highest BCUT2D eigenvalue weighted by atomic mass is 32.2. The molecule has 2 aromatic heterocycles. The second-order valence-corrected chi connectivity index (χ2v) is 6.63. The molecule has 7 heteroatoms. The van der Waals surface area contributed by atoms with Crippen LogP contribution < -0.4 is 0 Å². The average molecular weight is 365 g/mol. The topological polar surface area (TPSA) is 59.4 Å². The average Bonchev–Trinajstić information content (AvgIpc) is 3.31. The van der Waals surface area contributed by atoms with E-state index in [0.717, 1.165) is 12.4 Å². The van der Waals surface area contributed by atoms with Gasteiger partial charge in [-0.3, -0.25) is 5.10 Å². The number of halogens is 1. The van der Waals surface area contributed by atoms with Crippen molar-refractivity contribution in [3.63, 3.8) is 0 Å². The molecule has 0 aliphatic carbocycles. The number of rotatable bonds is 6. The molecule has 0 spiro atoms. The summed E-state index contributed by atoms with van der Waals surface area (Å²) in [5.74, 6) is 1.68. The van der Waals surface area contributed by atoms with Crippen LogP contribution >= 0.6 is 11.8 Å². The molecular formula is C19H16FN5S. The molecule has 2 aromatic carbocycles. The number of aromatic nitrogens is 5. The summed E-state index contributed by atoms with van der Waals surface area (Å²) in [6, 6.07) is 16.7. The Kier molecular flexibility index (Phi) is 4.79. The second-order valence-electron chi connectivity index (χ2n) is 5.69. The number of thioether (sulfide) groups is 1. The molecule has 4 rings (SSSR count). The summed E-state index contributed by atoms with van der Waals surface area (Å²) in [5, 5.41) is 7.54. The van der Waals surface area contributed by atoms with Crippen molar-refractivity contribution in [1.82, 2.24) is 24.7 Å². The van der Waals surface area contributed by atoms with Gasteiger partial charge in [0.05, 0.1) is 11.3 Å². The molecule has 0 unspecified atom stereocenters. The molecule has 26 heavy (non-hydrogen) atoms. The number of nitrogens with zero attached hydrogens (tertiary/aromatic N) is 4. The number of aromatic amines is 1. The van der Waals surface area contributed by atoms with Gasteiger partial charge < -0.3 is 4.57 Å². The smallest absolute Gasteiger partial charge is 0.209 e. The van der Waals surface area contributed by atoms with Gasteiger partial charge in [0.2, 0.25) is 5.16 Å². The summed E-state index contributed by atoms with van der Waals surface area (Å²) in [6.07, 6.45) is 3.76. The number of H-pyrrole nitrogens is 1. The van der Waals surface area contributed by atoms with Gasteiger partial charge in [0.15, 0.2) is 5.82 Å². The molecule has 5 nitrogen and oxygen atoms in total. The summed E-state index contributed by atoms with van der Waals surface area (Å²) in [5.41, 5.74) is 1.63. The van der Waals surface area contributed by atoms with Crippen LogP contribution in [-0.2, 0) is 12.3 Å². The minimum atomic E-state index is -0.321. The fourth-order valence-corrected chi connectivity index (χ4v) is 3.38. The van der Waals surface area contributed by atoms with Gasteiger partial charge in [0, 0.05) is 18.9 Å². The van der Waals surface area contributed by atoms with E-state index in [1.807, 2.05) is 24.4 Å². The lowest BCUT2D eigenvalue weighted by atomic mass is 10.2. The van der Waals surface area contributed by atoms with Crippen LogP contribution in [0.3, 0.4) is 0 Å². The van der Waals surface area contributed by atoms with Gasteiger partial charge in [-0.1, -0.05) is 54.2 Å². The van der Waals surface area contributed by atoms with Crippen LogP contribution in [0.25, 0.3) is 11.4 Å². The fourth-order valence-electron chi connectivity index (χ4n) is 2.62. The van der Waals surface area contributed by atoms with Gasteiger partial charge in [-0.15, -0.1) is 5.10 Å². The van der Waals surface area contributed by atoms with Gasteiger partial charge in [-0.05, 0) is 17.7 Å². The summed E-state index contributed by atoms with van der Waals surface area (Å²) in [4.78, 5) is 8.80. The zero-order valence-corrected chi connectivity index (χ0v) is 14.7. The lowest BCUT2D eigenvalue weighted by Crippen LogP contribution is -2.03. The van der Waals surface area contributed by atoms with E-state index < -0.39 is 0 Å². The molecule has 1 N–H and O–H groups in total. The van der Waals surface area contributed by atoms with E-state index in [4.69, 9.17) is 0 Å². The third-order valence-corrected chi connectivity index (χ3v) is 4.76. The number of benzene rings is 2.